The second kappa shape index (κ2) is 13.4. The van der Waals surface area contributed by atoms with Gasteiger partial charge in [-0.15, -0.1) is 0 Å². The highest BCUT2D eigenvalue weighted by atomic mass is 35.5. The van der Waals surface area contributed by atoms with Crippen molar-refractivity contribution in [3.63, 3.8) is 0 Å². The summed E-state index contributed by atoms with van der Waals surface area (Å²) in [6, 6.07) is 13.9. The molecule has 0 unspecified atom stereocenters. The van der Waals surface area contributed by atoms with Crippen LogP contribution in [-0.4, -0.2) is 52.3 Å². The van der Waals surface area contributed by atoms with Crippen LogP contribution >= 0.6 is 11.6 Å². The van der Waals surface area contributed by atoms with Gasteiger partial charge in [0.1, 0.15) is 11.6 Å². The average Bonchev–Trinajstić information content (AvgIpc) is 2.90. The number of carbonyl (C=O) groups excluding carboxylic acids is 1. The van der Waals surface area contributed by atoms with E-state index < -0.39 is 33.0 Å². The van der Waals surface area contributed by atoms with Crippen molar-refractivity contribution in [2.75, 3.05) is 33.1 Å². The number of benzene rings is 3. The summed E-state index contributed by atoms with van der Waals surface area (Å²) >= 11 is 6.19. The Morgan fingerprint density at radius 2 is 1.69 bits per heavy atom. The monoisotopic (exact) mass is 629 g/mol. The van der Waals surface area contributed by atoms with Gasteiger partial charge in [-0.05, 0) is 53.9 Å². The highest BCUT2D eigenvalue weighted by Gasteiger charge is 2.34. The first-order valence-electron chi connectivity index (χ1n) is 12.9. The topological polar surface area (TPSA) is 72.9 Å². The number of alkyl halides is 3. The smallest absolute Gasteiger partial charge is 0.417 e. The predicted molar refractivity (Wildman–Crippen MR) is 152 cm³/mol. The Kier molecular flexibility index (Phi) is 10.7. The van der Waals surface area contributed by atoms with Crippen molar-refractivity contribution in [2.24, 2.45) is 0 Å². The number of carbonyl (C=O) groups is 1. The second-order valence-electron chi connectivity index (χ2n) is 10.5. The third-order valence-corrected chi connectivity index (χ3v) is 8.25. The number of hydrogen-bond acceptors (Lipinski definition) is 6. The fourth-order valence-electron chi connectivity index (χ4n) is 4.58. The SMILES string of the molecule is COC(=O)c1ccc(OCCCN(Cc2cccc(C(F)(F)F)c2Cl)CC(C)(C)c2ccc(F)cc2)cc1S(C)(=O)=O. The summed E-state index contributed by atoms with van der Waals surface area (Å²) in [5.74, 6) is -0.949. The first-order chi connectivity index (χ1) is 19.5. The largest absolute Gasteiger partial charge is 0.494 e. The van der Waals surface area contributed by atoms with Crippen LogP contribution in [0.3, 0.4) is 0 Å². The molecule has 0 aliphatic rings. The first kappa shape index (κ1) is 33.4. The highest BCUT2D eigenvalue weighted by molar-refractivity contribution is 7.90. The van der Waals surface area contributed by atoms with E-state index in [1.165, 1.54) is 36.4 Å². The van der Waals surface area contributed by atoms with Crippen molar-refractivity contribution in [1.29, 1.82) is 0 Å². The predicted octanol–water partition coefficient (Wildman–Crippen LogP) is 6.94. The molecule has 3 aromatic carbocycles. The summed E-state index contributed by atoms with van der Waals surface area (Å²) in [6.45, 7) is 4.94. The molecule has 0 fully saturated rings. The summed E-state index contributed by atoms with van der Waals surface area (Å²) < 4.78 is 88.9. The van der Waals surface area contributed by atoms with Crippen LogP contribution in [-0.2, 0) is 32.7 Å². The molecular formula is C30H32ClF4NO5S. The van der Waals surface area contributed by atoms with Gasteiger partial charge < -0.3 is 9.47 Å². The molecule has 0 aromatic heterocycles. The van der Waals surface area contributed by atoms with Crippen LogP contribution < -0.4 is 4.74 Å². The van der Waals surface area contributed by atoms with Crippen LogP contribution in [0.5, 0.6) is 5.75 Å². The third kappa shape index (κ3) is 8.68. The van der Waals surface area contributed by atoms with Gasteiger partial charge in [-0.1, -0.05) is 49.7 Å². The fraction of sp³-hybridized carbons (Fsp3) is 0.367. The quantitative estimate of drug-likeness (QED) is 0.123. The van der Waals surface area contributed by atoms with Crippen molar-refractivity contribution in [3.8, 4) is 5.75 Å². The Morgan fingerprint density at radius 1 is 1.02 bits per heavy atom. The Balaban J connectivity index is 1.80. The normalized spacial score (nSPS) is 12.4. The lowest BCUT2D eigenvalue weighted by molar-refractivity contribution is -0.137. The lowest BCUT2D eigenvalue weighted by atomic mass is 9.84. The number of sulfone groups is 1. The van der Waals surface area contributed by atoms with Crippen LogP contribution in [0.1, 0.15) is 47.3 Å². The third-order valence-electron chi connectivity index (χ3n) is 6.67. The number of esters is 1. The fourth-order valence-corrected chi connectivity index (χ4v) is 5.76. The molecule has 3 aromatic rings. The van der Waals surface area contributed by atoms with Crippen LogP contribution in [0.2, 0.25) is 5.02 Å². The van der Waals surface area contributed by atoms with E-state index in [0.717, 1.165) is 25.0 Å². The van der Waals surface area contributed by atoms with Crippen molar-refractivity contribution < 1.29 is 40.2 Å². The van der Waals surface area contributed by atoms with E-state index in [9.17, 15) is 30.8 Å². The van der Waals surface area contributed by atoms with E-state index in [4.69, 9.17) is 16.3 Å². The maximum absolute atomic E-state index is 13.5. The number of rotatable bonds is 12. The zero-order valence-electron chi connectivity index (χ0n) is 23.6. The van der Waals surface area contributed by atoms with Gasteiger partial charge in [0.2, 0.25) is 0 Å². The van der Waals surface area contributed by atoms with Gasteiger partial charge in [0.25, 0.3) is 0 Å². The number of ether oxygens (including phenoxy) is 2. The van der Waals surface area contributed by atoms with Gasteiger partial charge in [0.15, 0.2) is 9.84 Å². The van der Waals surface area contributed by atoms with Crippen LogP contribution in [0.25, 0.3) is 0 Å². The molecule has 42 heavy (non-hydrogen) atoms. The standard InChI is InChI=1S/C30H32ClF4NO5S/c1-29(2,21-9-11-22(32)12-10-21)19-36(18-20-7-5-8-25(27(20)31)30(33,34)35)15-6-16-41-23-13-14-24(28(37)40-3)26(17-23)42(4,38)39/h5,7-14,17H,6,15-16,18-19H2,1-4H3. The lowest BCUT2D eigenvalue weighted by Crippen LogP contribution is -2.38. The molecule has 0 heterocycles. The minimum atomic E-state index is -4.60. The number of hydrogen-bond donors (Lipinski definition) is 0. The summed E-state index contributed by atoms with van der Waals surface area (Å²) in [6.07, 6.45) is -3.21. The van der Waals surface area contributed by atoms with Gasteiger partial charge in [0, 0.05) is 31.3 Å². The molecule has 3 rings (SSSR count). The van der Waals surface area contributed by atoms with E-state index in [-0.39, 0.29) is 40.2 Å². The molecule has 0 aliphatic heterocycles. The molecule has 0 saturated carbocycles. The summed E-state index contributed by atoms with van der Waals surface area (Å²) in [4.78, 5) is 13.7. The maximum atomic E-state index is 13.5. The number of methoxy groups -OCH3 is 1. The van der Waals surface area contributed by atoms with Crippen molar-refractivity contribution in [2.45, 2.75) is 43.3 Å². The van der Waals surface area contributed by atoms with Crippen LogP contribution in [0, 0.1) is 5.82 Å². The zero-order chi connectivity index (χ0) is 31.3. The van der Waals surface area contributed by atoms with Crippen molar-refractivity contribution >= 4 is 27.4 Å². The van der Waals surface area contributed by atoms with Crippen LogP contribution in [0.15, 0.2) is 65.6 Å². The molecule has 0 bridgehead atoms. The maximum Gasteiger partial charge on any atom is 0.417 e. The zero-order valence-corrected chi connectivity index (χ0v) is 25.2. The molecule has 0 radical (unpaired) electrons. The summed E-state index contributed by atoms with van der Waals surface area (Å²) in [7, 11) is -2.62. The Hall–Kier alpha value is -3.15. The minimum Gasteiger partial charge on any atom is -0.494 e. The van der Waals surface area contributed by atoms with Crippen molar-refractivity contribution in [3.05, 3.63) is 93.8 Å². The van der Waals surface area contributed by atoms with Gasteiger partial charge in [-0.3, -0.25) is 4.90 Å². The molecule has 0 aliphatic carbocycles. The minimum absolute atomic E-state index is 0.111. The molecular weight excluding hydrogens is 598 g/mol. The molecule has 0 spiro atoms. The van der Waals surface area contributed by atoms with E-state index in [2.05, 4.69) is 4.74 Å². The van der Waals surface area contributed by atoms with Gasteiger partial charge in [-0.2, -0.15) is 13.2 Å². The molecule has 12 heteroatoms. The summed E-state index contributed by atoms with van der Waals surface area (Å²) in [5, 5.41) is -0.371. The molecule has 6 nitrogen and oxygen atoms in total. The van der Waals surface area contributed by atoms with Crippen molar-refractivity contribution in [1.82, 2.24) is 4.90 Å². The summed E-state index contributed by atoms with van der Waals surface area (Å²) in [5.41, 5.74) is -0.381. The van der Waals surface area contributed by atoms with Gasteiger partial charge >= 0.3 is 12.1 Å². The Bertz CT molecular complexity index is 1510. The lowest BCUT2D eigenvalue weighted by Gasteiger charge is -2.34. The van der Waals surface area contributed by atoms with Gasteiger partial charge in [-0.25, -0.2) is 17.6 Å². The number of nitrogens with zero attached hydrogens (tertiary/aromatic N) is 1. The first-order valence-corrected chi connectivity index (χ1v) is 15.2. The Morgan fingerprint density at radius 3 is 2.29 bits per heavy atom. The molecule has 228 valence electrons. The average molecular weight is 630 g/mol. The second-order valence-corrected chi connectivity index (χ2v) is 12.9. The molecule has 0 N–H and O–H groups in total. The highest BCUT2D eigenvalue weighted by Crippen LogP contribution is 2.37. The van der Waals surface area contributed by atoms with E-state index in [1.807, 2.05) is 18.7 Å². The van der Waals surface area contributed by atoms with E-state index in [1.54, 1.807) is 18.2 Å². The molecule has 0 atom stereocenters. The van der Waals surface area contributed by atoms with E-state index >= 15 is 0 Å². The van der Waals surface area contributed by atoms with Gasteiger partial charge in [0.05, 0.1) is 34.8 Å². The molecule has 0 amide bonds. The molecule has 0 saturated heterocycles. The van der Waals surface area contributed by atoms with E-state index in [0.29, 0.717) is 25.1 Å². The number of halogens is 5. The Labute approximate surface area is 248 Å². The van der Waals surface area contributed by atoms with Crippen LogP contribution in [0.4, 0.5) is 17.6 Å².